The SMILES string of the molecule is COc1cc2c(cc1OC)C(CNC(=O)c1ccco1)N(C(=O)NC(C)C)CC2. The molecule has 1 atom stereocenters. The molecular weight excluding hydrogens is 374 g/mol. The Bertz CT molecular complexity index is 863. The number of nitrogens with one attached hydrogen (secondary N) is 2. The highest BCUT2D eigenvalue weighted by atomic mass is 16.5. The highest BCUT2D eigenvalue weighted by Gasteiger charge is 2.33. The first kappa shape index (κ1) is 20.6. The summed E-state index contributed by atoms with van der Waals surface area (Å²) < 4.78 is 16.0. The average Bonchev–Trinajstić information content (AvgIpc) is 3.24. The number of nitrogens with zero attached hydrogens (tertiary/aromatic N) is 1. The monoisotopic (exact) mass is 401 g/mol. The molecule has 1 aromatic heterocycles. The van der Waals surface area contributed by atoms with Gasteiger partial charge in [-0.3, -0.25) is 4.79 Å². The van der Waals surface area contributed by atoms with Crippen molar-refractivity contribution >= 4 is 11.9 Å². The van der Waals surface area contributed by atoms with Crippen LogP contribution in [-0.4, -0.2) is 50.2 Å². The van der Waals surface area contributed by atoms with Crippen molar-refractivity contribution in [2.24, 2.45) is 0 Å². The van der Waals surface area contributed by atoms with Crippen LogP contribution in [0.15, 0.2) is 34.9 Å². The van der Waals surface area contributed by atoms with Gasteiger partial charge in [0.25, 0.3) is 5.91 Å². The molecule has 8 nitrogen and oxygen atoms in total. The van der Waals surface area contributed by atoms with Crippen LogP contribution in [0.4, 0.5) is 4.79 Å². The van der Waals surface area contributed by atoms with E-state index in [9.17, 15) is 9.59 Å². The molecule has 8 heteroatoms. The molecule has 2 aromatic rings. The Morgan fingerprint density at radius 1 is 1.24 bits per heavy atom. The fourth-order valence-electron chi connectivity index (χ4n) is 3.51. The molecule has 0 fully saturated rings. The van der Waals surface area contributed by atoms with Crippen LogP contribution in [0.1, 0.15) is 41.6 Å². The van der Waals surface area contributed by atoms with E-state index in [2.05, 4.69) is 10.6 Å². The molecule has 1 aliphatic rings. The molecule has 0 radical (unpaired) electrons. The second-order valence-electron chi connectivity index (χ2n) is 7.16. The van der Waals surface area contributed by atoms with E-state index in [4.69, 9.17) is 13.9 Å². The van der Waals surface area contributed by atoms with E-state index >= 15 is 0 Å². The van der Waals surface area contributed by atoms with Crippen molar-refractivity contribution in [2.45, 2.75) is 32.4 Å². The summed E-state index contributed by atoms with van der Waals surface area (Å²) in [5.74, 6) is 1.13. The summed E-state index contributed by atoms with van der Waals surface area (Å²) in [7, 11) is 3.17. The number of hydrogen-bond acceptors (Lipinski definition) is 5. The lowest BCUT2D eigenvalue weighted by atomic mass is 9.91. The van der Waals surface area contributed by atoms with Gasteiger partial charge >= 0.3 is 6.03 Å². The summed E-state index contributed by atoms with van der Waals surface area (Å²) in [6, 6.07) is 6.56. The predicted octanol–water partition coefficient (Wildman–Crippen LogP) is 2.74. The van der Waals surface area contributed by atoms with Gasteiger partial charge in [-0.05, 0) is 55.7 Å². The minimum atomic E-state index is -0.351. The van der Waals surface area contributed by atoms with Crippen LogP contribution in [0.5, 0.6) is 11.5 Å². The molecule has 1 aromatic carbocycles. The molecule has 29 heavy (non-hydrogen) atoms. The van der Waals surface area contributed by atoms with Crippen LogP contribution in [-0.2, 0) is 6.42 Å². The molecule has 2 N–H and O–H groups in total. The fraction of sp³-hybridized carbons (Fsp3) is 0.429. The van der Waals surface area contributed by atoms with Crippen molar-refractivity contribution in [3.8, 4) is 11.5 Å². The topological polar surface area (TPSA) is 93.0 Å². The van der Waals surface area contributed by atoms with Crippen LogP contribution < -0.4 is 20.1 Å². The third kappa shape index (κ3) is 4.47. The van der Waals surface area contributed by atoms with Crippen molar-refractivity contribution in [2.75, 3.05) is 27.3 Å². The third-order valence-corrected chi connectivity index (χ3v) is 4.88. The molecular formula is C21H27N3O5. The summed E-state index contributed by atoms with van der Waals surface area (Å²) in [6.45, 7) is 4.60. The van der Waals surface area contributed by atoms with E-state index in [0.29, 0.717) is 24.5 Å². The Kier molecular flexibility index (Phi) is 6.31. The lowest BCUT2D eigenvalue weighted by Gasteiger charge is -2.38. The number of urea groups is 1. The Morgan fingerprint density at radius 3 is 2.59 bits per heavy atom. The minimum absolute atomic E-state index is 0.00709. The average molecular weight is 401 g/mol. The number of hydrogen-bond donors (Lipinski definition) is 2. The van der Waals surface area contributed by atoms with Crippen molar-refractivity contribution in [3.05, 3.63) is 47.4 Å². The first-order valence-electron chi connectivity index (χ1n) is 9.58. The van der Waals surface area contributed by atoms with E-state index in [-0.39, 0.29) is 36.3 Å². The van der Waals surface area contributed by atoms with E-state index in [1.807, 2.05) is 26.0 Å². The lowest BCUT2D eigenvalue weighted by Crippen LogP contribution is -2.50. The van der Waals surface area contributed by atoms with Gasteiger partial charge in [-0.2, -0.15) is 0 Å². The summed E-state index contributed by atoms with van der Waals surface area (Å²) >= 11 is 0. The van der Waals surface area contributed by atoms with Crippen molar-refractivity contribution < 1.29 is 23.5 Å². The van der Waals surface area contributed by atoms with Gasteiger partial charge in [0.2, 0.25) is 0 Å². The standard InChI is InChI=1S/C21H27N3O5/c1-13(2)23-21(26)24-8-7-14-10-18(27-3)19(28-4)11-15(14)16(24)12-22-20(25)17-6-5-9-29-17/h5-6,9-11,13,16H,7-8,12H2,1-4H3,(H,22,25)(H,23,26). The molecule has 0 spiro atoms. The number of rotatable bonds is 6. The lowest BCUT2D eigenvalue weighted by molar-refractivity contribution is 0.0906. The normalized spacial score (nSPS) is 15.6. The van der Waals surface area contributed by atoms with E-state index in [1.54, 1.807) is 31.3 Å². The molecule has 0 aliphatic carbocycles. The first-order chi connectivity index (χ1) is 13.9. The molecule has 0 saturated heterocycles. The maximum atomic E-state index is 12.8. The number of methoxy groups -OCH3 is 2. The summed E-state index contributed by atoms with van der Waals surface area (Å²) in [4.78, 5) is 26.9. The zero-order chi connectivity index (χ0) is 21.0. The molecule has 0 bridgehead atoms. The van der Waals surface area contributed by atoms with E-state index in [1.165, 1.54) is 6.26 Å². The Balaban J connectivity index is 1.91. The number of benzene rings is 1. The molecule has 0 saturated carbocycles. The summed E-state index contributed by atoms with van der Waals surface area (Å²) in [6.07, 6.45) is 2.13. The number of amides is 3. The summed E-state index contributed by atoms with van der Waals surface area (Å²) in [5.41, 5.74) is 1.99. The second-order valence-corrected chi connectivity index (χ2v) is 7.16. The fourth-order valence-corrected chi connectivity index (χ4v) is 3.51. The Labute approximate surface area is 170 Å². The van der Waals surface area contributed by atoms with Gasteiger partial charge in [-0.25, -0.2) is 4.79 Å². The van der Waals surface area contributed by atoms with Gasteiger partial charge < -0.3 is 29.4 Å². The van der Waals surface area contributed by atoms with Gasteiger partial charge in [0.15, 0.2) is 17.3 Å². The van der Waals surface area contributed by atoms with Gasteiger partial charge in [-0.15, -0.1) is 0 Å². The van der Waals surface area contributed by atoms with Crippen LogP contribution >= 0.6 is 0 Å². The number of ether oxygens (including phenoxy) is 2. The van der Waals surface area contributed by atoms with Crippen molar-refractivity contribution in [1.82, 2.24) is 15.5 Å². The molecule has 3 amide bonds. The molecule has 1 unspecified atom stereocenters. The second kappa shape index (κ2) is 8.89. The van der Waals surface area contributed by atoms with Gasteiger partial charge in [0, 0.05) is 19.1 Å². The maximum Gasteiger partial charge on any atom is 0.318 e. The van der Waals surface area contributed by atoms with E-state index in [0.717, 1.165) is 11.1 Å². The first-order valence-corrected chi connectivity index (χ1v) is 9.58. The van der Waals surface area contributed by atoms with Crippen LogP contribution in [0.3, 0.4) is 0 Å². The van der Waals surface area contributed by atoms with E-state index < -0.39 is 0 Å². The smallest absolute Gasteiger partial charge is 0.318 e. The quantitative estimate of drug-likeness (QED) is 0.776. The van der Waals surface area contributed by atoms with Gasteiger partial charge in [0.05, 0.1) is 26.5 Å². The summed E-state index contributed by atoms with van der Waals surface area (Å²) in [5, 5.41) is 5.81. The Morgan fingerprint density at radius 2 is 1.97 bits per heavy atom. The molecule has 3 rings (SSSR count). The number of fused-ring (bicyclic) bond motifs is 1. The van der Waals surface area contributed by atoms with Crippen molar-refractivity contribution in [1.29, 1.82) is 0 Å². The van der Waals surface area contributed by atoms with Crippen LogP contribution in [0.25, 0.3) is 0 Å². The molecule has 1 aliphatic heterocycles. The largest absolute Gasteiger partial charge is 0.493 e. The van der Waals surface area contributed by atoms with Crippen LogP contribution in [0.2, 0.25) is 0 Å². The highest BCUT2D eigenvalue weighted by molar-refractivity contribution is 5.91. The highest BCUT2D eigenvalue weighted by Crippen LogP contribution is 2.38. The zero-order valence-electron chi connectivity index (χ0n) is 17.2. The maximum absolute atomic E-state index is 12.8. The number of carbonyl (C=O) groups is 2. The predicted molar refractivity (Wildman–Crippen MR) is 107 cm³/mol. The van der Waals surface area contributed by atoms with Crippen LogP contribution in [0, 0.1) is 0 Å². The zero-order valence-corrected chi connectivity index (χ0v) is 17.2. The number of carbonyl (C=O) groups excluding carboxylic acids is 2. The van der Waals surface area contributed by atoms with Gasteiger partial charge in [-0.1, -0.05) is 0 Å². The third-order valence-electron chi connectivity index (χ3n) is 4.88. The number of furan rings is 1. The van der Waals surface area contributed by atoms with Gasteiger partial charge in [0.1, 0.15) is 0 Å². The molecule has 2 heterocycles. The molecule has 156 valence electrons. The van der Waals surface area contributed by atoms with Crippen molar-refractivity contribution in [3.63, 3.8) is 0 Å². The minimum Gasteiger partial charge on any atom is -0.493 e. The Hall–Kier alpha value is -3.16.